The molecule has 0 radical (unpaired) electrons. The molecule has 0 unspecified atom stereocenters. The predicted molar refractivity (Wildman–Crippen MR) is 41.8 cm³/mol. The van der Waals surface area contributed by atoms with E-state index in [0.717, 1.165) is 5.70 Å². The van der Waals surface area contributed by atoms with E-state index < -0.39 is 0 Å². The SMILES string of the molecule is C=COCC(=C)N/C=C\N. The standard InChI is InChI=1S/C7H12N2O/c1-3-10-6-7(2)9-5-4-8/h3-5,9H,1-2,6,8H2/b5-4-. The summed E-state index contributed by atoms with van der Waals surface area (Å²) in [6.07, 6.45) is 4.33. The van der Waals surface area contributed by atoms with Gasteiger partial charge in [-0.25, -0.2) is 0 Å². The number of hydrogen-bond acceptors (Lipinski definition) is 3. The van der Waals surface area contributed by atoms with Gasteiger partial charge in [0.15, 0.2) is 0 Å². The Kier molecular flexibility index (Phi) is 4.96. The zero-order valence-corrected chi connectivity index (χ0v) is 5.84. The van der Waals surface area contributed by atoms with Crippen LogP contribution in [0.1, 0.15) is 0 Å². The van der Waals surface area contributed by atoms with E-state index >= 15 is 0 Å². The van der Waals surface area contributed by atoms with Crippen molar-refractivity contribution in [2.24, 2.45) is 5.73 Å². The Hall–Kier alpha value is -1.38. The van der Waals surface area contributed by atoms with Crippen molar-refractivity contribution in [3.05, 3.63) is 37.5 Å². The lowest BCUT2D eigenvalue weighted by Gasteiger charge is -2.02. The fraction of sp³-hybridized carbons (Fsp3) is 0.143. The van der Waals surface area contributed by atoms with Gasteiger partial charge in [-0.05, 0) is 0 Å². The molecule has 0 aromatic rings. The van der Waals surface area contributed by atoms with Crippen molar-refractivity contribution in [2.45, 2.75) is 0 Å². The zero-order chi connectivity index (χ0) is 7.82. The van der Waals surface area contributed by atoms with Crippen molar-refractivity contribution < 1.29 is 4.74 Å². The van der Waals surface area contributed by atoms with Gasteiger partial charge in [0.2, 0.25) is 0 Å². The highest BCUT2D eigenvalue weighted by Gasteiger charge is 1.85. The van der Waals surface area contributed by atoms with E-state index in [9.17, 15) is 0 Å². The highest BCUT2D eigenvalue weighted by Crippen LogP contribution is 1.85. The molecule has 3 N–H and O–H groups in total. The van der Waals surface area contributed by atoms with Crippen LogP contribution in [0.25, 0.3) is 0 Å². The molecule has 0 amide bonds. The Morgan fingerprint density at radius 3 is 2.90 bits per heavy atom. The Bertz CT molecular complexity index is 141. The van der Waals surface area contributed by atoms with Gasteiger partial charge in [0.1, 0.15) is 6.61 Å². The lowest BCUT2D eigenvalue weighted by molar-refractivity contribution is 0.277. The molecule has 0 aliphatic carbocycles. The van der Waals surface area contributed by atoms with E-state index in [1.165, 1.54) is 12.5 Å². The summed E-state index contributed by atoms with van der Waals surface area (Å²) < 4.78 is 4.82. The summed E-state index contributed by atoms with van der Waals surface area (Å²) in [5.41, 5.74) is 5.80. The smallest absolute Gasteiger partial charge is 0.126 e. The molecule has 0 rings (SSSR count). The molecule has 10 heavy (non-hydrogen) atoms. The molecule has 0 aliphatic rings. The second-order valence-corrected chi connectivity index (χ2v) is 1.58. The maximum atomic E-state index is 5.06. The molecule has 0 fully saturated rings. The molecule has 0 atom stereocenters. The van der Waals surface area contributed by atoms with Crippen molar-refractivity contribution in [3.63, 3.8) is 0 Å². The number of rotatable bonds is 5. The molecular formula is C7H12N2O. The van der Waals surface area contributed by atoms with Gasteiger partial charge >= 0.3 is 0 Å². The van der Waals surface area contributed by atoms with Crippen molar-refractivity contribution in [3.8, 4) is 0 Å². The van der Waals surface area contributed by atoms with Gasteiger partial charge in [-0.15, -0.1) is 0 Å². The van der Waals surface area contributed by atoms with Crippen molar-refractivity contribution in [1.29, 1.82) is 0 Å². The number of nitrogens with one attached hydrogen (secondary N) is 1. The van der Waals surface area contributed by atoms with Crippen LogP contribution in [0.5, 0.6) is 0 Å². The van der Waals surface area contributed by atoms with Crippen LogP contribution >= 0.6 is 0 Å². The number of hydrogen-bond donors (Lipinski definition) is 2. The first-order valence-corrected chi connectivity index (χ1v) is 2.85. The molecule has 0 aromatic carbocycles. The molecule has 0 heterocycles. The first-order valence-electron chi connectivity index (χ1n) is 2.85. The summed E-state index contributed by atoms with van der Waals surface area (Å²) in [5, 5.41) is 2.79. The van der Waals surface area contributed by atoms with E-state index in [2.05, 4.69) is 18.5 Å². The van der Waals surface area contributed by atoms with Gasteiger partial charge in [0.25, 0.3) is 0 Å². The van der Waals surface area contributed by atoms with Gasteiger partial charge in [-0.3, -0.25) is 0 Å². The Morgan fingerprint density at radius 2 is 2.40 bits per heavy atom. The van der Waals surface area contributed by atoms with Crippen LogP contribution in [0.15, 0.2) is 37.5 Å². The monoisotopic (exact) mass is 140 g/mol. The second kappa shape index (κ2) is 5.75. The summed E-state index contributed by atoms with van der Waals surface area (Å²) in [4.78, 5) is 0. The molecule has 56 valence electrons. The van der Waals surface area contributed by atoms with Crippen LogP contribution in [0, 0.1) is 0 Å². The summed E-state index contributed by atoms with van der Waals surface area (Å²) in [5.74, 6) is 0. The molecule has 3 nitrogen and oxygen atoms in total. The van der Waals surface area contributed by atoms with Gasteiger partial charge in [-0.1, -0.05) is 13.2 Å². The van der Waals surface area contributed by atoms with Crippen LogP contribution in [-0.4, -0.2) is 6.61 Å². The van der Waals surface area contributed by atoms with Gasteiger partial charge in [0.05, 0.1) is 6.26 Å². The van der Waals surface area contributed by atoms with Gasteiger partial charge < -0.3 is 15.8 Å². The summed E-state index contributed by atoms with van der Waals surface area (Å²) in [6, 6.07) is 0. The van der Waals surface area contributed by atoms with E-state index in [1.807, 2.05) is 0 Å². The highest BCUT2D eigenvalue weighted by molar-refractivity contribution is 4.96. The third-order valence-electron chi connectivity index (χ3n) is 0.759. The molecule has 0 saturated carbocycles. The van der Waals surface area contributed by atoms with Crippen LogP contribution in [0.4, 0.5) is 0 Å². The Morgan fingerprint density at radius 1 is 1.70 bits per heavy atom. The Balaban J connectivity index is 3.34. The molecule has 0 aliphatic heterocycles. The normalized spacial score (nSPS) is 9.20. The van der Waals surface area contributed by atoms with Crippen molar-refractivity contribution in [1.82, 2.24) is 5.32 Å². The van der Waals surface area contributed by atoms with Crippen LogP contribution in [0.2, 0.25) is 0 Å². The van der Waals surface area contributed by atoms with Crippen LogP contribution < -0.4 is 11.1 Å². The third kappa shape index (κ3) is 4.77. The number of ether oxygens (including phenoxy) is 1. The van der Waals surface area contributed by atoms with Gasteiger partial charge in [-0.2, -0.15) is 0 Å². The van der Waals surface area contributed by atoms with E-state index in [-0.39, 0.29) is 0 Å². The predicted octanol–water partition coefficient (Wildman–Crippen LogP) is 0.680. The number of nitrogens with two attached hydrogens (primary N) is 1. The minimum absolute atomic E-state index is 0.411. The first-order chi connectivity index (χ1) is 4.81. The Labute approximate surface area is 60.9 Å². The largest absolute Gasteiger partial charge is 0.496 e. The maximum absolute atomic E-state index is 5.06. The summed E-state index contributed by atoms with van der Waals surface area (Å²) >= 11 is 0. The summed E-state index contributed by atoms with van der Waals surface area (Å²) in [6.45, 7) is 7.43. The maximum Gasteiger partial charge on any atom is 0.126 e. The molecule has 0 aromatic heterocycles. The first kappa shape index (κ1) is 8.62. The molecule has 3 heteroatoms. The lowest BCUT2D eigenvalue weighted by atomic mass is 10.5. The topological polar surface area (TPSA) is 47.3 Å². The van der Waals surface area contributed by atoms with E-state index in [1.54, 1.807) is 6.20 Å². The second-order valence-electron chi connectivity index (χ2n) is 1.58. The average molecular weight is 140 g/mol. The van der Waals surface area contributed by atoms with Crippen LogP contribution in [-0.2, 0) is 4.74 Å². The molecule has 0 spiro atoms. The van der Waals surface area contributed by atoms with Crippen LogP contribution in [0.3, 0.4) is 0 Å². The van der Waals surface area contributed by atoms with E-state index in [4.69, 9.17) is 10.5 Å². The molecule has 0 bridgehead atoms. The fourth-order valence-corrected chi connectivity index (χ4v) is 0.367. The quantitative estimate of drug-likeness (QED) is 0.552. The van der Waals surface area contributed by atoms with E-state index in [0.29, 0.717) is 6.61 Å². The molecular weight excluding hydrogens is 128 g/mol. The fourth-order valence-electron chi connectivity index (χ4n) is 0.367. The summed E-state index contributed by atoms with van der Waals surface area (Å²) in [7, 11) is 0. The average Bonchev–Trinajstić information content (AvgIpc) is 1.97. The third-order valence-corrected chi connectivity index (χ3v) is 0.759. The van der Waals surface area contributed by atoms with Crippen molar-refractivity contribution in [2.75, 3.05) is 6.61 Å². The van der Waals surface area contributed by atoms with Crippen molar-refractivity contribution >= 4 is 0 Å². The van der Waals surface area contributed by atoms with Gasteiger partial charge in [0, 0.05) is 18.1 Å². The lowest BCUT2D eigenvalue weighted by Crippen LogP contribution is -2.08. The zero-order valence-electron chi connectivity index (χ0n) is 5.84. The highest BCUT2D eigenvalue weighted by atomic mass is 16.5. The molecule has 0 saturated heterocycles. The minimum Gasteiger partial charge on any atom is -0.496 e. The minimum atomic E-state index is 0.411.